The topological polar surface area (TPSA) is 29.5 Å². The highest BCUT2D eigenvalue weighted by Gasteiger charge is 2.27. The molecule has 3 heteroatoms. The number of carbonyl (C=O) groups excluding carboxylic acids is 1. The summed E-state index contributed by atoms with van der Waals surface area (Å²) in [4.78, 5) is 13.8. The Bertz CT molecular complexity index is 433. The maximum Gasteiger partial charge on any atom is 0.308 e. The molecule has 2 rings (SSSR count). The minimum Gasteiger partial charge on any atom is -0.469 e. The molecule has 0 aromatic heterocycles. The van der Waals surface area contributed by atoms with Crippen molar-refractivity contribution in [3.63, 3.8) is 0 Å². The fraction of sp³-hybridized carbons (Fsp3) is 0.632. The van der Waals surface area contributed by atoms with Crippen molar-refractivity contribution >= 4 is 11.7 Å². The number of nitrogens with zero attached hydrogens (tertiary/aromatic N) is 1. The molecule has 1 aliphatic carbocycles. The fourth-order valence-electron chi connectivity index (χ4n) is 3.04. The van der Waals surface area contributed by atoms with Crippen LogP contribution in [0.4, 0.5) is 5.69 Å². The van der Waals surface area contributed by atoms with Gasteiger partial charge in [-0.15, -0.1) is 0 Å². The molecule has 0 bridgehead atoms. The number of anilines is 1. The Labute approximate surface area is 135 Å². The highest BCUT2D eigenvalue weighted by molar-refractivity contribution is 5.72. The Balaban J connectivity index is 0.00000116. The summed E-state index contributed by atoms with van der Waals surface area (Å²) in [7, 11) is 3.64. The van der Waals surface area contributed by atoms with Gasteiger partial charge in [0.25, 0.3) is 0 Å². The third kappa shape index (κ3) is 5.36. The molecule has 0 atom stereocenters. The van der Waals surface area contributed by atoms with Crippen LogP contribution < -0.4 is 4.90 Å². The highest BCUT2D eigenvalue weighted by atomic mass is 16.5. The molecule has 0 amide bonds. The molecule has 124 valence electrons. The van der Waals surface area contributed by atoms with Crippen molar-refractivity contribution in [3.05, 3.63) is 29.8 Å². The smallest absolute Gasteiger partial charge is 0.308 e. The summed E-state index contributed by atoms with van der Waals surface area (Å²) >= 11 is 0. The summed E-state index contributed by atoms with van der Waals surface area (Å²) < 4.78 is 4.84. The largest absolute Gasteiger partial charge is 0.469 e. The van der Waals surface area contributed by atoms with Gasteiger partial charge < -0.3 is 9.64 Å². The molecule has 0 N–H and O–H groups in total. The Morgan fingerprint density at radius 3 is 2.18 bits per heavy atom. The van der Waals surface area contributed by atoms with Crippen LogP contribution in [0, 0.1) is 18.8 Å². The number of aryl methyl sites for hydroxylation is 1. The van der Waals surface area contributed by atoms with Crippen molar-refractivity contribution in [3.8, 4) is 0 Å². The van der Waals surface area contributed by atoms with Gasteiger partial charge in [-0.05, 0) is 50.7 Å². The second-order valence-corrected chi connectivity index (χ2v) is 5.96. The van der Waals surface area contributed by atoms with Crippen LogP contribution in [0.1, 0.15) is 45.1 Å². The molecule has 1 saturated carbocycles. The molecule has 0 spiro atoms. The molecule has 1 fully saturated rings. The maximum atomic E-state index is 11.5. The minimum absolute atomic E-state index is 0.0321. The standard InChI is InChI=1S/C17H25NO2.C2H6/c1-13-4-10-16(11-5-13)18(2)12-14-6-8-15(9-7-14)17(19)20-3;1-2/h4-5,10-11,14-15H,6-9,12H2,1-3H3;1-2H3. The molecule has 3 nitrogen and oxygen atoms in total. The van der Waals surface area contributed by atoms with Crippen LogP contribution in [-0.4, -0.2) is 26.7 Å². The zero-order valence-electron chi connectivity index (χ0n) is 14.8. The van der Waals surface area contributed by atoms with E-state index in [0.717, 1.165) is 32.2 Å². The molecular weight excluding hydrogens is 274 g/mol. The molecule has 22 heavy (non-hydrogen) atoms. The predicted octanol–water partition coefficient (Wildman–Crippen LogP) is 4.44. The first kappa shape index (κ1) is 18.5. The quantitative estimate of drug-likeness (QED) is 0.770. The summed E-state index contributed by atoms with van der Waals surface area (Å²) in [5.41, 5.74) is 2.56. The van der Waals surface area contributed by atoms with E-state index in [4.69, 9.17) is 4.74 Å². The van der Waals surface area contributed by atoms with Gasteiger partial charge in [-0.3, -0.25) is 4.79 Å². The van der Waals surface area contributed by atoms with Gasteiger partial charge >= 0.3 is 5.97 Å². The third-order valence-electron chi connectivity index (χ3n) is 4.39. The molecule has 1 aromatic rings. The first-order chi connectivity index (χ1) is 10.6. The van der Waals surface area contributed by atoms with E-state index in [2.05, 4.69) is 43.1 Å². The van der Waals surface area contributed by atoms with E-state index in [1.807, 2.05) is 13.8 Å². The predicted molar refractivity (Wildman–Crippen MR) is 93.3 cm³/mol. The van der Waals surface area contributed by atoms with Crippen LogP contribution in [0.3, 0.4) is 0 Å². The summed E-state index contributed by atoms with van der Waals surface area (Å²) in [5.74, 6) is 0.776. The van der Waals surface area contributed by atoms with Gasteiger partial charge in [0.05, 0.1) is 13.0 Å². The van der Waals surface area contributed by atoms with Crippen molar-refractivity contribution < 1.29 is 9.53 Å². The Morgan fingerprint density at radius 2 is 1.68 bits per heavy atom. The lowest BCUT2D eigenvalue weighted by molar-refractivity contribution is -0.146. The van der Waals surface area contributed by atoms with Crippen LogP contribution in [0.25, 0.3) is 0 Å². The second-order valence-electron chi connectivity index (χ2n) is 5.96. The maximum absolute atomic E-state index is 11.5. The van der Waals surface area contributed by atoms with E-state index in [0.29, 0.717) is 5.92 Å². The first-order valence-electron chi connectivity index (χ1n) is 8.45. The van der Waals surface area contributed by atoms with E-state index in [1.54, 1.807) is 0 Å². The van der Waals surface area contributed by atoms with Crippen molar-refractivity contribution in [1.82, 2.24) is 0 Å². The summed E-state index contributed by atoms with van der Waals surface area (Å²) in [5, 5.41) is 0. The molecule has 0 saturated heterocycles. The van der Waals surface area contributed by atoms with Crippen molar-refractivity contribution in [2.45, 2.75) is 46.5 Å². The van der Waals surface area contributed by atoms with Crippen molar-refractivity contribution in [2.75, 3.05) is 25.6 Å². The lowest BCUT2D eigenvalue weighted by Gasteiger charge is -2.31. The Kier molecular flexibility index (Phi) is 8.00. The van der Waals surface area contributed by atoms with Crippen LogP contribution in [-0.2, 0) is 9.53 Å². The van der Waals surface area contributed by atoms with E-state index < -0.39 is 0 Å². The lowest BCUT2D eigenvalue weighted by Crippen LogP contribution is -2.30. The second kappa shape index (κ2) is 9.50. The third-order valence-corrected chi connectivity index (χ3v) is 4.39. The summed E-state index contributed by atoms with van der Waals surface area (Å²) in [6.45, 7) is 7.18. The Hall–Kier alpha value is -1.51. The number of carbonyl (C=O) groups is 1. The molecule has 1 aliphatic rings. The van der Waals surface area contributed by atoms with Gasteiger partial charge in [0.1, 0.15) is 0 Å². The number of rotatable bonds is 4. The molecule has 0 radical (unpaired) electrons. The number of hydrogen-bond acceptors (Lipinski definition) is 3. The normalized spacial score (nSPS) is 20.6. The van der Waals surface area contributed by atoms with Crippen molar-refractivity contribution in [2.24, 2.45) is 11.8 Å². The molecule has 0 unspecified atom stereocenters. The zero-order valence-corrected chi connectivity index (χ0v) is 14.8. The zero-order chi connectivity index (χ0) is 16.5. The minimum atomic E-state index is -0.0321. The number of methoxy groups -OCH3 is 1. The van der Waals surface area contributed by atoms with E-state index in [1.165, 1.54) is 18.4 Å². The van der Waals surface area contributed by atoms with Gasteiger partial charge in [-0.25, -0.2) is 0 Å². The van der Waals surface area contributed by atoms with Crippen LogP contribution in [0.15, 0.2) is 24.3 Å². The number of esters is 1. The van der Waals surface area contributed by atoms with Gasteiger partial charge in [0.15, 0.2) is 0 Å². The number of benzene rings is 1. The molecule has 1 aromatic carbocycles. The van der Waals surface area contributed by atoms with Gasteiger partial charge in [-0.2, -0.15) is 0 Å². The summed E-state index contributed by atoms with van der Waals surface area (Å²) in [6.07, 6.45) is 4.18. The molecular formula is C19H31NO2. The van der Waals surface area contributed by atoms with Gasteiger partial charge in [0.2, 0.25) is 0 Å². The van der Waals surface area contributed by atoms with Gasteiger partial charge in [0, 0.05) is 19.3 Å². The SMILES string of the molecule is CC.COC(=O)C1CCC(CN(C)c2ccc(C)cc2)CC1. The van der Waals surface area contributed by atoms with Crippen LogP contribution >= 0.6 is 0 Å². The molecule has 0 aliphatic heterocycles. The highest BCUT2D eigenvalue weighted by Crippen LogP contribution is 2.30. The van der Waals surface area contributed by atoms with Crippen LogP contribution in [0.2, 0.25) is 0 Å². The Morgan fingerprint density at radius 1 is 1.14 bits per heavy atom. The first-order valence-corrected chi connectivity index (χ1v) is 8.45. The average Bonchev–Trinajstić information content (AvgIpc) is 2.57. The van der Waals surface area contributed by atoms with E-state index in [9.17, 15) is 4.79 Å². The van der Waals surface area contributed by atoms with E-state index in [-0.39, 0.29) is 11.9 Å². The lowest BCUT2D eigenvalue weighted by atomic mass is 9.82. The number of hydrogen-bond donors (Lipinski definition) is 0. The monoisotopic (exact) mass is 305 g/mol. The van der Waals surface area contributed by atoms with Gasteiger partial charge in [-0.1, -0.05) is 31.5 Å². The number of ether oxygens (including phenoxy) is 1. The van der Waals surface area contributed by atoms with Crippen molar-refractivity contribution in [1.29, 1.82) is 0 Å². The van der Waals surface area contributed by atoms with E-state index >= 15 is 0 Å². The fourth-order valence-corrected chi connectivity index (χ4v) is 3.04. The average molecular weight is 305 g/mol. The van der Waals surface area contributed by atoms with Crippen LogP contribution in [0.5, 0.6) is 0 Å². The molecule has 0 heterocycles. The summed E-state index contributed by atoms with van der Waals surface area (Å²) in [6, 6.07) is 8.66.